The van der Waals surface area contributed by atoms with Gasteiger partial charge in [0.15, 0.2) is 0 Å². The lowest BCUT2D eigenvalue weighted by Crippen LogP contribution is -2.49. The average molecular weight is 263 g/mol. The molecule has 0 spiro atoms. The van der Waals surface area contributed by atoms with Gasteiger partial charge in [0, 0.05) is 25.0 Å². The summed E-state index contributed by atoms with van der Waals surface area (Å²) in [5, 5.41) is 0. The molecule has 2 aliphatic rings. The van der Waals surface area contributed by atoms with Crippen LogP contribution in [0.3, 0.4) is 0 Å². The molecule has 0 fully saturated rings. The first-order chi connectivity index (χ1) is 9.75. The first-order valence-corrected chi connectivity index (χ1v) is 7.65. The van der Waals surface area contributed by atoms with E-state index in [1.54, 1.807) is 11.1 Å². The summed E-state index contributed by atoms with van der Waals surface area (Å²) < 4.78 is 0. The minimum atomic E-state index is 0.546. The Morgan fingerprint density at radius 2 is 1.35 bits per heavy atom. The van der Waals surface area contributed by atoms with E-state index >= 15 is 0 Å². The second-order valence-electron chi connectivity index (χ2n) is 6.51. The average Bonchev–Trinajstić information content (AvgIpc) is 2.46. The fourth-order valence-electron chi connectivity index (χ4n) is 4.22. The van der Waals surface area contributed by atoms with E-state index in [2.05, 4.69) is 67.3 Å². The quantitative estimate of drug-likeness (QED) is 0.746. The second-order valence-corrected chi connectivity index (χ2v) is 6.51. The first kappa shape index (κ1) is 12.2. The molecule has 0 radical (unpaired) electrons. The fourth-order valence-corrected chi connectivity index (χ4v) is 4.22. The topological polar surface area (TPSA) is 3.24 Å². The van der Waals surface area contributed by atoms with Crippen LogP contribution in [0.15, 0.2) is 48.5 Å². The molecule has 0 saturated carbocycles. The molecule has 20 heavy (non-hydrogen) atoms. The van der Waals surface area contributed by atoms with Gasteiger partial charge in [0.05, 0.1) is 0 Å². The standard InChI is InChI=1S/C19H21N/c1-13(2)19-18-16-9-5-3-7-14(16)11-20(19)12-15-8-4-6-10-17(15)18/h3-10,13,18-19H,11-12H2,1-2H3. The van der Waals surface area contributed by atoms with Crippen LogP contribution in [-0.4, -0.2) is 10.9 Å². The van der Waals surface area contributed by atoms with Crippen molar-refractivity contribution < 1.29 is 0 Å². The lowest BCUT2D eigenvalue weighted by atomic mass is 9.71. The van der Waals surface area contributed by atoms with Crippen molar-refractivity contribution in [1.29, 1.82) is 0 Å². The van der Waals surface area contributed by atoms with Gasteiger partial charge < -0.3 is 0 Å². The van der Waals surface area contributed by atoms with Gasteiger partial charge in [-0.3, -0.25) is 4.90 Å². The molecule has 2 aliphatic heterocycles. The summed E-state index contributed by atoms with van der Waals surface area (Å²) in [7, 11) is 0. The van der Waals surface area contributed by atoms with Gasteiger partial charge in [-0.05, 0) is 28.2 Å². The molecule has 0 amide bonds. The van der Waals surface area contributed by atoms with Crippen LogP contribution in [0, 0.1) is 5.92 Å². The highest BCUT2D eigenvalue weighted by molar-refractivity contribution is 5.47. The maximum absolute atomic E-state index is 2.68. The second kappa shape index (κ2) is 4.46. The monoisotopic (exact) mass is 263 g/mol. The van der Waals surface area contributed by atoms with Crippen LogP contribution in [0.5, 0.6) is 0 Å². The van der Waals surface area contributed by atoms with E-state index in [-0.39, 0.29) is 0 Å². The number of fused-ring (bicyclic) bond motifs is 6. The van der Waals surface area contributed by atoms with Gasteiger partial charge in [-0.2, -0.15) is 0 Å². The van der Waals surface area contributed by atoms with Crippen LogP contribution in [0.25, 0.3) is 0 Å². The molecule has 2 bridgehead atoms. The molecule has 1 unspecified atom stereocenters. The number of hydrogen-bond donors (Lipinski definition) is 0. The molecule has 0 saturated heterocycles. The van der Waals surface area contributed by atoms with Crippen molar-refractivity contribution in [3.05, 3.63) is 70.8 Å². The van der Waals surface area contributed by atoms with Crippen molar-refractivity contribution in [2.24, 2.45) is 5.92 Å². The van der Waals surface area contributed by atoms with Crippen molar-refractivity contribution >= 4 is 0 Å². The molecule has 1 heteroatoms. The summed E-state index contributed by atoms with van der Waals surface area (Å²) in [6.45, 7) is 6.94. The van der Waals surface area contributed by atoms with E-state index in [4.69, 9.17) is 0 Å². The molecule has 1 atom stereocenters. The minimum Gasteiger partial charge on any atom is -0.291 e. The normalized spacial score (nSPS) is 27.1. The molecular weight excluding hydrogens is 242 g/mol. The third-order valence-corrected chi connectivity index (χ3v) is 4.97. The Labute approximate surface area is 121 Å². The molecular formula is C19H21N. The summed E-state index contributed by atoms with van der Waals surface area (Å²) >= 11 is 0. The van der Waals surface area contributed by atoms with Gasteiger partial charge in [-0.25, -0.2) is 0 Å². The maximum atomic E-state index is 2.68. The largest absolute Gasteiger partial charge is 0.291 e. The van der Waals surface area contributed by atoms with E-state index in [1.165, 1.54) is 11.1 Å². The van der Waals surface area contributed by atoms with Crippen molar-refractivity contribution in [1.82, 2.24) is 4.90 Å². The van der Waals surface area contributed by atoms with E-state index in [0.29, 0.717) is 17.9 Å². The lowest BCUT2D eigenvalue weighted by Gasteiger charge is -2.49. The fraction of sp³-hybridized carbons (Fsp3) is 0.368. The van der Waals surface area contributed by atoms with Crippen molar-refractivity contribution in [3.8, 4) is 0 Å². The zero-order valence-corrected chi connectivity index (χ0v) is 12.2. The first-order valence-electron chi connectivity index (χ1n) is 7.65. The highest BCUT2D eigenvalue weighted by atomic mass is 15.2. The smallest absolute Gasteiger partial charge is 0.0254 e. The Morgan fingerprint density at radius 1 is 0.850 bits per heavy atom. The third kappa shape index (κ3) is 1.66. The van der Waals surface area contributed by atoms with Gasteiger partial charge >= 0.3 is 0 Å². The highest BCUT2D eigenvalue weighted by Gasteiger charge is 2.41. The Hall–Kier alpha value is -1.60. The molecule has 2 aromatic rings. The zero-order chi connectivity index (χ0) is 13.7. The SMILES string of the molecule is CC(C)C1C2c3ccccc3CN1Cc1ccccc12. The molecule has 0 N–H and O–H groups in total. The molecule has 102 valence electrons. The number of hydrogen-bond acceptors (Lipinski definition) is 1. The van der Waals surface area contributed by atoms with Gasteiger partial charge in [0.25, 0.3) is 0 Å². The molecule has 2 heterocycles. The molecule has 4 rings (SSSR count). The Balaban J connectivity index is 1.95. The van der Waals surface area contributed by atoms with Crippen LogP contribution in [-0.2, 0) is 13.1 Å². The minimum absolute atomic E-state index is 0.546. The number of nitrogens with zero attached hydrogens (tertiary/aromatic N) is 1. The van der Waals surface area contributed by atoms with Crippen LogP contribution in [0.4, 0.5) is 0 Å². The summed E-state index contributed by atoms with van der Waals surface area (Å²) in [6.07, 6.45) is 0. The Morgan fingerprint density at radius 3 is 1.85 bits per heavy atom. The summed E-state index contributed by atoms with van der Waals surface area (Å²) in [4.78, 5) is 2.68. The van der Waals surface area contributed by atoms with E-state index in [1.807, 2.05) is 0 Å². The van der Waals surface area contributed by atoms with Gasteiger partial charge in [-0.15, -0.1) is 0 Å². The summed E-state index contributed by atoms with van der Waals surface area (Å²) in [5.41, 5.74) is 6.14. The number of rotatable bonds is 1. The third-order valence-electron chi connectivity index (χ3n) is 4.97. The van der Waals surface area contributed by atoms with Crippen LogP contribution >= 0.6 is 0 Å². The van der Waals surface area contributed by atoms with Gasteiger partial charge in [0.1, 0.15) is 0 Å². The van der Waals surface area contributed by atoms with E-state index in [0.717, 1.165) is 13.1 Å². The summed E-state index contributed by atoms with van der Waals surface area (Å²) in [6, 6.07) is 18.7. The van der Waals surface area contributed by atoms with Crippen LogP contribution in [0.1, 0.15) is 42.0 Å². The van der Waals surface area contributed by atoms with Gasteiger partial charge in [-0.1, -0.05) is 62.4 Å². The van der Waals surface area contributed by atoms with Crippen LogP contribution < -0.4 is 0 Å². The lowest BCUT2D eigenvalue weighted by molar-refractivity contribution is 0.0953. The molecule has 0 aromatic heterocycles. The number of benzene rings is 2. The Kier molecular flexibility index (Phi) is 2.71. The van der Waals surface area contributed by atoms with Crippen molar-refractivity contribution in [3.63, 3.8) is 0 Å². The predicted molar refractivity (Wildman–Crippen MR) is 82.6 cm³/mol. The predicted octanol–water partition coefficient (Wildman–Crippen LogP) is 4.17. The summed E-state index contributed by atoms with van der Waals surface area (Å²) in [5.74, 6) is 1.23. The maximum Gasteiger partial charge on any atom is 0.0254 e. The van der Waals surface area contributed by atoms with Gasteiger partial charge in [0.2, 0.25) is 0 Å². The van der Waals surface area contributed by atoms with Crippen LogP contribution in [0.2, 0.25) is 0 Å². The molecule has 2 aromatic carbocycles. The molecule has 0 aliphatic carbocycles. The highest BCUT2D eigenvalue weighted by Crippen LogP contribution is 2.46. The van der Waals surface area contributed by atoms with Crippen molar-refractivity contribution in [2.75, 3.05) is 0 Å². The van der Waals surface area contributed by atoms with E-state index < -0.39 is 0 Å². The van der Waals surface area contributed by atoms with E-state index in [9.17, 15) is 0 Å². The Bertz CT molecular complexity index is 594. The molecule has 1 nitrogen and oxygen atoms in total. The van der Waals surface area contributed by atoms with Crippen molar-refractivity contribution in [2.45, 2.75) is 38.9 Å². The zero-order valence-electron chi connectivity index (χ0n) is 12.2.